The van der Waals surface area contributed by atoms with E-state index in [1.807, 2.05) is 35.8 Å². The first kappa shape index (κ1) is 34.2. The molecule has 2 aromatic heterocycles. The number of aromatic nitrogens is 3. The van der Waals surface area contributed by atoms with Gasteiger partial charge in [0.05, 0.1) is 45.2 Å². The van der Waals surface area contributed by atoms with E-state index in [0.29, 0.717) is 55.3 Å². The molecule has 47 heavy (non-hydrogen) atoms. The Hall–Kier alpha value is -4.14. The van der Waals surface area contributed by atoms with Crippen LogP contribution in [0.4, 0.5) is 5.69 Å². The Kier molecular flexibility index (Phi) is 11.7. The molecule has 1 aliphatic heterocycles. The number of nitrogens with zero attached hydrogens (tertiary/aromatic N) is 4. The van der Waals surface area contributed by atoms with Gasteiger partial charge in [-0.1, -0.05) is 23.7 Å². The van der Waals surface area contributed by atoms with Gasteiger partial charge in [-0.15, -0.1) is 21.5 Å². The van der Waals surface area contributed by atoms with Crippen LogP contribution < -0.4 is 10.1 Å². The molecular weight excluding hydrogens is 646 g/mol. The second-order valence-electron chi connectivity index (χ2n) is 10.7. The molecule has 5 rings (SSSR count). The number of hydrogen-bond donors (Lipinski definition) is 2. The Balaban J connectivity index is 1.17. The molecule has 4 aromatic rings. The van der Waals surface area contributed by atoms with Crippen molar-refractivity contribution in [3.05, 3.63) is 86.8 Å². The molecule has 2 aromatic carbocycles. The summed E-state index contributed by atoms with van der Waals surface area (Å²) in [6.07, 6.45) is 0.0663. The van der Waals surface area contributed by atoms with Crippen LogP contribution >= 0.6 is 22.9 Å². The summed E-state index contributed by atoms with van der Waals surface area (Å²) < 4.78 is 23.4. The van der Waals surface area contributed by atoms with Crippen molar-refractivity contribution >= 4 is 46.2 Å². The number of hydrogen-bond acceptors (Lipinski definition) is 10. The lowest BCUT2D eigenvalue weighted by Crippen LogP contribution is -2.17. The molecule has 14 heteroatoms. The highest BCUT2D eigenvalue weighted by molar-refractivity contribution is 7.15. The molecule has 0 spiro atoms. The Morgan fingerprint density at radius 3 is 2.26 bits per heavy atom. The number of aliphatic imine (C=N–C) groups is 1. The van der Waals surface area contributed by atoms with Crippen LogP contribution in [0.25, 0.3) is 5.00 Å². The van der Waals surface area contributed by atoms with E-state index in [-0.39, 0.29) is 25.5 Å². The van der Waals surface area contributed by atoms with Crippen LogP contribution in [-0.2, 0) is 23.8 Å². The Labute approximate surface area is 281 Å². The van der Waals surface area contributed by atoms with Gasteiger partial charge in [0.25, 0.3) is 0 Å². The van der Waals surface area contributed by atoms with E-state index >= 15 is 0 Å². The van der Waals surface area contributed by atoms with Gasteiger partial charge in [0.1, 0.15) is 35.8 Å². The lowest BCUT2D eigenvalue weighted by Gasteiger charge is -2.13. The fourth-order valence-corrected chi connectivity index (χ4v) is 6.31. The van der Waals surface area contributed by atoms with Crippen LogP contribution in [-0.4, -0.2) is 83.7 Å². The number of nitrogens with one attached hydrogen (secondary N) is 1. The number of amides is 1. The molecule has 0 aliphatic carbocycles. The molecule has 12 nitrogen and oxygen atoms in total. The Bertz CT molecular complexity index is 1720. The highest BCUT2D eigenvalue weighted by atomic mass is 35.5. The summed E-state index contributed by atoms with van der Waals surface area (Å²) in [5.74, 6) is 0.765. The van der Waals surface area contributed by atoms with Crippen LogP contribution in [0.2, 0.25) is 5.02 Å². The smallest absolute Gasteiger partial charge is 0.329 e. The maximum Gasteiger partial charge on any atom is 0.329 e. The van der Waals surface area contributed by atoms with Crippen LogP contribution in [0.3, 0.4) is 0 Å². The molecule has 1 atom stereocenters. The molecule has 1 aliphatic rings. The van der Waals surface area contributed by atoms with Crippen molar-refractivity contribution < 1.29 is 33.6 Å². The summed E-state index contributed by atoms with van der Waals surface area (Å²) >= 11 is 7.87. The molecular formula is C33H36ClN5O7S. The maximum absolute atomic E-state index is 13.4. The minimum absolute atomic E-state index is 0.0663. The lowest BCUT2D eigenvalue weighted by atomic mass is 9.99. The first-order valence-corrected chi connectivity index (χ1v) is 16.2. The van der Waals surface area contributed by atoms with Crippen molar-refractivity contribution in [1.29, 1.82) is 0 Å². The monoisotopic (exact) mass is 681 g/mol. The van der Waals surface area contributed by atoms with Gasteiger partial charge in [0.2, 0.25) is 5.91 Å². The Morgan fingerprint density at radius 2 is 1.57 bits per heavy atom. The number of ether oxygens (including phenoxy) is 4. The van der Waals surface area contributed by atoms with E-state index in [0.717, 1.165) is 33.2 Å². The Morgan fingerprint density at radius 1 is 0.915 bits per heavy atom. The first-order valence-electron chi connectivity index (χ1n) is 15.1. The molecule has 0 saturated carbocycles. The summed E-state index contributed by atoms with van der Waals surface area (Å²) in [5.41, 5.74) is 4.47. The minimum atomic E-state index is -1.01. The van der Waals surface area contributed by atoms with Gasteiger partial charge in [0, 0.05) is 26.7 Å². The number of benzene rings is 2. The van der Waals surface area contributed by atoms with Crippen molar-refractivity contribution in [3.63, 3.8) is 0 Å². The summed E-state index contributed by atoms with van der Waals surface area (Å²) in [5, 5.41) is 21.9. The van der Waals surface area contributed by atoms with Crippen molar-refractivity contribution in [3.8, 4) is 10.8 Å². The van der Waals surface area contributed by atoms with Crippen molar-refractivity contribution in [1.82, 2.24) is 14.8 Å². The van der Waals surface area contributed by atoms with Gasteiger partial charge in [-0.2, -0.15) is 0 Å². The fraction of sp³-hybridized carbons (Fsp3) is 0.364. The first-order chi connectivity index (χ1) is 22.7. The van der Waals surface area contributed by atoms with Gasteiger partial charge >= 0.3 is 5.97 Å². The standard InChI is InChI=1S/C33H36ClN5O7S/c1-20-21(2)47-33-30(20)31(23-4-6-24(34)7-5-23)36-27(32-38-37-22(3)39(32)33)18-28(40)35-25-8-10-26(11-9-25)46-17-16-44-13-12-43-14-15-45-19-29(41)42/h4-11,27H,12-19H2,1-3H3,(H,35,40)(H,41,42). The number of fused-ring (bicyclic) bond motifs is 3. The van der Waals surface area contributed by atoms with E-state index in [1.165, 1.54) is 4.88 Å². The summed E-state index contributed by atoms with van der Waals surface area (Å²) in [6, 6.07) is 14.1. The second kappa shape index (κ2) is 16.1. The average molecular weight is 682 g/mol. The molecule has 0 radical (unpaired) electrons. The number of rotatable bonds is 16. The van der Waals surface area contributed by atoms with E-state index in [1.54, 1.807) is 35.6 Å². The van der Waals surface area contributed by atoms with E-state index in [2.05, 4.69) is 29.4 Å². The third-order valence-electron chi connectivity index (χ3n) is 7.34. The van der Waals surface area contributed by atoms with Gasteiger partial charge in [0.15, 0.2) is 5.82 Å². The topological polar surface area (TPSA) is 146 Å². The number of aryl methyl sites for hydroxylation is 2. The molecule has 1 unspecified atom stereocenters. The molecule has 3 heterocycles. The van der Waals surface area contributed by atoms with E-state index in [9.17, 15) is 9.59 Å². The summed E-state index contributed by atoms with van der Waals surface area (Å²) in [7, 11) is 0. The molecule has 2 N–H and O–H groups in total. The fourth-order valence-electron chi connectivity index (χ4n) is 4.97. The van der Waals surface area contributed by atoms with Crippen LogP contribution in [0.1, 0.15) is 45.7 Å². The van der Waals surface area contributed by atoms with E-state index in [4.69, 9.17) is 40.6 Å². The zero-order valence-corrected chi connectivity index (χ0v) is 27.9. The molecule has 0 saturated heterocycles. The van der Waals surface area contributed by atoms with Gasteiger partial charge < -0.3 is 29.4 Å². The predicted octanol–water partition coefficient (Wildman–Crippen LogP) is 5.34. The zero-order valence-electron chi connectivity index (χ0n) is 26.3. The van der Waals surface area contributed by atoms with Crippen molar-refractivity contribution in [2.24, 2.45) is 4.99 Å². The normalized spacial score (nSPS) is 13.8. The average Bonchev–Trinajstić information content (AvgIpc) is 3.52. The highest BCUT2D eigenvalue weighted by Crippen LogP contribution is 2.39. The largest absolute Gasteiger partial charge is 0.491 e. The van der Waals surface area contributed by atoms with Crippen LogP contribution in [0, 0.1) is 20.8 Å². The molecule has 1 amide bonds. The van der Waals surface area contributed by atoms with E-state index < -0.39 is 12.0 Å². The second-order valence-corrected chi connectivity index (χ2v) is 12.3. The van der Waals surface area contributed by atoms with Crippen LogP contribution in [0.5, 0.6) is 5.75 Å². The van der Waals surface area contributed by atoms with Crippen molar-refractivity contribution in [2.45, 2.75) is 33.2 Å². The predicted molar refractivity (Wildman–Crippen MR) is 179 cm³/mol. The number of carbonyl (C=O) groups is 2. The number of aliphatic carboxylic acids is 1. The molecule has 248 valence electrons. The van der Waals surface area contributed by atoms with Gasteiger partial charge in [-0.3, -0.25) is 14.4 Å². The third kappa shape index (κ3) is 8.82. The number of carbonyl (C=O) groups excluding carboxylic acids is 1. The SMILES string of the molecule is Cc1sc2c(c1C)C(c1ccc(Cl)cc1)=NC(CC(=O)Nc1ccc(OCCOCCOCCOCC(=O)O)cc1)c1nnc(C)n1-2. The quantitative estimate of drug-likeness (QED) is 0.150. The number of anilines is 1. The molecule has 0 fully saturated rings. The number of carboxylic acid groups (broad SMARTS) is 1. The van der Waals surface area contributed by atoms with Gasteiger partial charge in [-0.05, 0) is 62.7 Å². The number of carboxylic acids is 1. The lowest BCUT2D eigenvalue weighted by molar-refractivity contribution is -0.142. The van der Waals surface area contributed by atoms with Gasteiger partial charge in [-0.25, -0.2) is 4.79 Å². The molecule has 0 bridgehead atoms. The van der Waals surface area contributed by atoms with Crippen LogP contribution in [0.15, 0.2) is 53.5 Å². The summed E-state index contributed by atoms with van der Waals surface area (Å²) in [4.78, 5) is 30.1. The number of halogens is 1. The zero-order chi connectivity index (χ0) is 33.3. The minimum Gasteiger partial charge on any atom is -0.491 e. The summed E-state index contributed by atoms with van der Waals surface area (Å²) in [6.45, 7) is 7.71. The maximum atomic E-state index is 13.4. The van der Waals surface area contributed by atoms with Crippen molar-refractivity contribution in [2.75, 3.05) is 51.6 Å². The number of thiophene rings is 1. The third-order valence-corrected chi connectivity index (χ3v) is 8.78. The highest BCUT2D eigenvalue weighted by Gasteiger charge is 2.32.